The third-order valence-corrected chi connectivity index (χ3v) is 5.39. The van der Waals surface area contributed by atoms with Crippen molar-refractivity contribution in [2.75, 3.05) is 46.0 Å². The van der Waals surface area contributed by atoms with Gasteiger partial charge in [0.1, 0.15) is 0 Å². The van der Waals surface area contributed by atoms with Crippen molar-refractivity contribution in [3.05, 3.63) is 29.8 Å². The summed E-state index contributed by atoms with van der Waals surface area (Å²) in [6.45, 7) is 1.35. The van der Waals surface area contributed by atoms with Crippen LogP contribution in [0.1, 0.15) is 10.4 Å². The van der Waals surface area contributed by atoms with Crippen molar-refractivity contribution < 1.29 is 13.2 Å². The quantitative estimate of drug-likeness (QED) is 0.785. The maximum atomic E-state index is 12.3. The molecule has 1 saturated heterocycles. The van der Waals surface area contributed by atoms with Crippen LogP contribution in [0, 0.1) is 0 Å². The van der Waals surface area contributed by atoms with Crippen molar-refractivity contribution in [1.29, 1.82) is 0 Å². The third-order valence-electron chi connectivity index (χ3n) is 3.45. The number of hydrogen-bond acceptors (Lipinski definition) is 4. The van der Waals surface area contributed by atoms with E-state index in [4.69, 9.17) is 5.73 Å². The Bertz CT molecular complexity index is 622. The number of anilines is 1. The predicted molar refractivity (Wildman–Crippen MR) is 80.9 cm³/mol. The van der Waals surface area contributed by atoms with Crippen molar-refractivity contribution in [2.45, 2.75) is 0 Å². The lowest BCUT2D eigenvalue weighted by Crippen LogP contribution is -2.53. The molecule has 1 heterocycles. The number of rotatable bonds is 3. The summed E-state index contributed by atoms with van der Waals surface area (Å²) < 4.78 is 26.6. The minimum absolute atomic E-state index is 0.121. The Hall–Kier alpha value is -1.64. The lowest BCUT2D eigenvalue weighted by Gasteiger charge is -2.35. The van der Waals surface area contributed by atoms with Crippen LogP contribution < -0.4 is 5.73 Å². The molecule has 0 saturated carbocycles. The number of nitrogens with two attached hydrogens (primary N) is 1. The first-order valence-electron chi connectivity index (χ1n) is 6.65. The van der Waals surface area contributed by atoms with Gasteiger partial charge in [-0.15, -0.1) is 0 Å². The van der Waals surface area contributed by atoms with Gasteiger partial charge in [0.15, 0.2) is 0 Å². The van der Waals surface area contributed by atoms with Gasteiger partial charge < -0.3 is 10.6 Å². The number of hydrogen-bond donors (Lipinski definition) is 1. The van der Waals surface area contributed by atoms with Crippen molar-refractivity contribution in [3.63, 3.8) is 0 Å². The molecule has 0 atom stereocenters. The molecule has 1 aliphatic heterocycles. The molecule has 8 heteroatoms. The van der Waals surface area contributed by atoms with E-state index in [9.17, 15) is 13.2 Å². The molecule has 1 aliphatic rings. The van der Waals surface area contributed by atoms with Crippen LogP contribution >= 0.6 is 0 Å². The van der Waals surface area contributed by atoms with Gasteiger partial charge in [0, 0.05) is 51.5 Å². The second-order valence-electron chi connectivity index (χ2n) is 5.11. The van der Waals surface area contributed by atoms with Gasteiger partial charge in [0.2, 0.25) is 0 Å². The first-order valence-corrected chi connectivity index (χ1v) is 8.04. The van der Waals surface area contributed by atoms with E-state index >= 15 is 0 Å². The zero-order valence-corrected chi connectivity index (χ0v) is 13.0. The summed E-state index contributed by atoms with van der Waals surface area (Å²) in [7, 11) is -0.413. The average molecular weight is 312 g/mol. The molecular formula is C13H20N4O3S. The molecule has 2 rings (SSSR count). The van der Waals surface area contributed by atoms with Gasteiger partial charge >= 0.3 is 0 Å². The Kier molecular flexibility index (Phi) is 4.50. The van der Waals surface area contributed by atoms with Crippen molar-refractivity contribution in [1.82, 2.24) is 13.5 Å². The highest BCUT2D eigenvalue weighted by atomic mass is 32.2. The summed E-state index contributed by atoms with van der Waals surface area (Å²) in [4.78, 5) is 14.0. The van der Waals surface area contributed by atoms with E-state index in [0.29, 0.717) is 37.4 Å². The first-order chi connectivity index (χ1) is 9.82. The summed E-state index contributed by atoms with van der Waals surface area (Å²) in [5.41, 5.74) is 6.74. The standard InChI is InChI=1S/C13H20N4O3S/c1-15(2)21(19,20)17-8-6-16(7-9-17)13(18)11-4-3-5-12(14)10-11/h3-5,10H,6-9,14H2,1-2H3. The topological polar surface area (TPSA) is 87.0 Å². The minimum Gasteiger partial charge on any atom is -0.399 e. The Morgan fingerprint density at radius 1 is 1.19 bits per heavy atom. The van der Waals surface area contributed by atoms with Gasteiger partial charge in [0.25, 0.3) is 16.1 Å². The lowest BCUT2D eigenvalue weighted by atomic mass is 10.1. The zero-order chi connectivity index (χ0) is 15.6. The van der Waals surface area contributed by atoms with Crippen LogP contribution in [0.3, 0.4) is 0 Å². The van der Waals surface area contributed by atoms with E-state index < -0.39 is 10.2 Å². The van der Waals surface area contributed by atoms with E-state index in [0.717, 1.165) is 0 Å². The molecule has 0 radical (unpaired) electrons. The largest absolute Gasteiger partial charge is 0.399 e. The molecule has 1 fully saturated rings. The lowest BCUT2D eigenvalue weighted by molar-refractivity contribution is 0.0695. The second-order valence-corrected chi connectivity index (χ2v) is 7.25. The van der Waals surface area contributed by atoms with Gasteiger partial charge in [-0.1, -0.05) is 6.07 Å². The molecule has 1 aromatic rings. The van der Waals surface area contributed by atoms with Crippen molar-refractivity contribution in [2.24, 2.45) is 0 Å². The highest BCUT2D eigenvalue weighted by Gasteiger charge is 2.30. The molecule has 116 valence electrons. The van der Waals surface area contributed by atoms with Crippen molar-refractivity contribution in [3.8, 4) is 0 Å². The molecule has 1 aromatic carbocycles. The van der Waals surface area contributed by atoms with E-state index in [1.807, 2.05) is 0 Å². The third kappa shape index (κ3) is 3.34. The molecule has 0 unspecified atom stereocenters. The highest BCUT2D eigenvalue weighted by molar-refractivity contribution is 7.86. The van der Waals surface area contributed by atoms with Gasteiger partial charge in [-0.05, 0) is 18.2 Å². The fourth-order valence-electron chi connectivity index (χ4n) is 2.21. The Morgan fingerprint density at radius 2 is 1.81 bits per heavy atom. The number of carbonyl (C=O) groups excluding carboxylic acids is 1. The Labute approximate surface area is 125 Å². The Morgan fingerprint density at radius 3 is 2.33 bits per heavy atom. The first kappa shape index (κ1) is 15.7. The highest BCUT2D eigenvalue weighted by Crippen LogP contribution is 2.14. The van der Waals surface area contributed by atoms with Crippen molar-refractivity contribution >= 4 is 21.8 Å². The van der Waals surface area contributed by atoms with Gasteiger partial charge in [0.05, 0.1) is 0 Å². The van der Waals surface area contributed by atoms with Crippen LogP contribution in [0.5, 0.6) is 0 Å². The molecule has 0 aliphatic carbocycles. The van der Waals surface area contributed by atoms with Crippen LogP contribution in [0.2, 0.25) is 0 Å². The van der Waals surface area contributed by atoms with E-state index in [1.54, 1.807) is 29.2 Å². The second kappa shape index (κ2) is 6.00. The molecule has 21 heavy (non-hydrogen) atoms. The van der Waals surface area contributed by atoms with E-state index in [1.165, 1.54) is 22.7 Å². The fourth-order valence-corrected chi connectivity index (χ4v) is 3.29. The summed E-state index contributed by atoms with van der Waals surface area (Å²) in [5.74, 6) is -0.121. The molecule has 0 aromatic heterocycles. The van der Waals surface area contributed by atoms with Crippen LogP contribution in [-0.2, 0) is 10.2 Å². The van der Waals surface area contributed by atoms with Gasteiger partial charge in [-0.3, -0.25) is 4.79 Å². The number of nitrogens with zero attached hydrogens (tertiary/aromatic N) is 3. The number of carbonyl (C=O) groups is 1. The fraction of sp³-hybridized carbons (Fsp3) is 0.462. The molecular weight excluding hydrogens is 292 g/mol. The van der Waals surface area contributed by atoms with E-state index in [2.05, 4.69) is 0 Å². The summed E-state index contributed by atoms with van der Waals surface area (Å²) in [6.07, 6.45) is 0. The minimum atomic E-state index is -3.41. The normalized spacial score (nSPS) is 17.2. The smallest absolute Gasteiger partial charge is 0.281 e. The molecule has 0 bridgehead atoms. The van der Waals surface area contributed by atoms with Gasteiger partial charge in [-0.2, -0.15) is 17.0 Å². The Balaban J connectivity index is 2.03. The summed E-state index contributed by atoms with van der Waals surface area (Å²) >= 11 is 0. The van der Waals surface area contributed by atoms with E-state index in [-0.39, 0.29) is 5.91 Å². The molecule has 2 N–H and O–H groups in total. The molecule has 7 nitrogen and oxygen atoms in total. The SMILES string of the molecule is CN(C)S(=O)(=O)N1CCN(C(=O)c2cccc(N)c2)CC1. The number of amides is 1. The summed E-state index contributed by atoms with van der Waals surface area (Å²) in [5, 5.41) is 0. The predicted octanol–water partition coefficient (Wildman–Crippen LogP) is -0.167. The molecule has 0 spiro atoms. The summed E-state index contributed by atoms with van der Waals surface area (Å²) in [6, 6.07) is 6.79. The van der Waals surface area contributed by atoms with Crippen LogP contribution in [0.25, 0.3) is 0 Å². The monoisotopic (exact) mass is 312 g/mol. The van der Waals surface area contributed by atoms with Crippen LogP contribution in [0.4, 0.5) is 5.69 Å². The number of nitrogen functional groups attached to an aromatic ring is 1. The van der Waals surface area contributed by atoms with Gasteiger partial charge in [-0.25, -0.2) is 0 Å². The zero-order valence-electron chi connectivity index (χ0n) is 12.2. The average Bonchev–Trinajstić information content (AvgIpc) is 2.46. The maximum Gasteiger partial charge on any atom is 0.281 e. The molecule has 1 amide bonds. The number of piperazine rings is 1. The maximum absolute atomic E-state index is 12.3. The van der Waals surface area contributed by atoms with Crippen LogP contribution in [0.15, 0.2) is 24.3 Å². The number of benzene rings is 1. The van der Waals surface area contributed by atoms with Crippen LogP contribution in [-0.4, -0.2) is 68.1 Å².